The number of hydrogen-bond acceptors (Lipinski definition) is 2. The average molecular weight is 281 g/mol. The fourth-order valence-electron chi connectivity index (χ4n) is 2.27. The second kappa shape index (κ2) is 6.84. The molecule has 1 amide bonds. The highest BCUT2D eigenvalue weighted by molar-refractivity contribution is 6.09. The van der Waals surface area contributed by atoms with Crippen molar-refractivity contribution in [1.29, 1.82) is 0 Å². The molecule has 2 N–H and O–H groups in total. The van der Waals surface area contributed by atoms with Crippen LogP contribution in [0.3, 0.4) is 0 Å². The summed E-state index contributed by atoms with van der Waals surface area (Å²) in [4.78, 5) is 23.3. The second-order valence-electron chi connectivity index (χ2n) is 5.23. The van der Waals surface area contributed by atoms with Crippen molar-refractivity contribution in [2.45, 2.75) is 25.7 Å². The molecule has 0 saturated carbocycles. The number of benzene rings is 2. The highest BCUT2D eigenvalue weighted by Gasteiger charge is 2.12. The van der Waals surface area contributed by atoms with E-state index in [0.29, 0.717) is 24.0 Å². The van der Waals surface area contributed by atoms with E-state index in [1.807, 2.05) is 61.5 Å². The summed E-state index contributed by atoms with van der Waals surface area (Å²) < 4.78 is 0. The molecule has 3 nitrogen and oxygen atoms in total. The van der Waals surface area contributed by atoms with Gasteiger partial charge >= 0.3 is 0 Å². The lowest BCUT2D eigenvalue weighted by molar-refractivity contribution is -0.118. The van der Waals surface area contributed by atoms with Crippen LogP contribution in [0.25, 0.3) is 0 Å². The van der Waals surface area contributed by atoms with Crippen LogP contribution in [0.15, 0.2) is 54.6 Å². The Bertz CT molecular complexity index is 635. The normalized spacial score (nSPS) is 11.9. The van der Waals surface area contributed by atoms with Crippen LogP contribution in [0, 0.1) is 0 Å². The first-order valence-electron chi connectivity index (χ1n) is 7.06. The SMILES string of the molecule is CC(CCC(N)=O)c1cccc(C(=O)c2ccccc2)c1. The molecule has 0 fully saturated rings. The van der Waals surface area contributed by atoms with Crippen LogP contribution in [0.5, 0.6) is 0 Å². The molecule has 2 aromatic carbocycles. The summed E-state index contributed by atoms with van der Waals surface area (Å²) in [5, 5.41) is 0. The van der Waals surface area contributed by atoms with Gasteiger partial charge in [0.05, 0.1) is 0 Å². The molecule has 0 heterocycles. The molecule has 0 aliphatic rings. The molecule has 0 spiro atoms. The molecule has 0 radical (unpaired) electrons. The maximum Gasteiger partial charge on any atom is 0.217 e. The third kappa shape index (κ3) is 4.02. The summed E-state index contributed by atoms with van der Waals surface area (Å²) in [5.41, 5.74) is 7.58. The van der Waals surface area contributed by atoms with E-state index in [0.717, 1.165) is 5.56 Å². The van der Waals surface area contributed by atoms with Crippen LogP contribution in [0.2, 0.25) is 0 Å². The van der Waals surface area contributed by atoms with Crippen molar-refractivity contribution in [3.05, 3.63) is 71.3 Å². The highest BCUT2D eigenvalue weighted by atomic mass is 16.1. The summed E-state index contributed by atoms with van der Waals surface area (Å²) in [7, 11) is 0. The maximum absolute atomic E-state index is 12.4. The third-order valence-corrected chi connectivity index (χ3v) is 3.58. The quantitative estimate of drug-likeness (QED) is 0.826. The van der Waals surface area contributed by atoms with Gasteiger partial charge in [0.2, 0.25) is 5.91 Å². The smallest absolute Gasteiger partial charge is 0.217 e. The molecule has 0 bridgehead atoms. The Balaban J connectivity index is 2.18. The van der Waals surface area contributed by atoms with E-state index in [1.165, 1.54) is 0 Å². The average Bonchev–Trinajstić information content (AvgIpc) is 2.52. The van der Waals surface area contributed by atoms with Crippen molar-refractivity contribution in [1.82, 2.24) is 0 Å². The largest absolute Gasteiger partial charge is 0.370 e. The molecule has 3 heteroatoms. The Morgan fingerprint density at radius 1 is 1.00 bits per heavy atom. The van der Waals surface area contributed by atoms with E-state index in [9.17, 15) is 9.59 Å². The molecule has 21 heavy (non-hydrogen) atoms. The van der Waals surface area contributed by atoms with E-state index >= 15 is 0 Å². The lowest BCUT2D eigenvalue weighted by Crippen LogP contribution is -2.11. The number of nitrogens with two attached hydrogens (primary N) is 1. The summed E-state index contributed by atoms with van der Waals surface area (Å²) in [6.45, 7) is 2.04. The minimum atomic E-state index is -0.293. The molecule has 108 valence electrons. The van der Waals surface area contributed by atoms with Gasteiger partial charge in [-0.1, -0.05) is 55.5 Å². The summed E-state index contributed by atoms with van der Waals surface area (Å²) >= 11 is 0. The molecule has 0 saturated heterocycles. The van der Waals surface area contributed by atoms with Gasteiger partial charge in [0.15, 0.2) is 5.78 Å². The van der Waals surface area contributed by atoms with Gasteiger partial charge in [0.1, 0.15) is 0 Å². The van der Waals surface area contributed by atoms with Crippen LogP contribution in [0.1, 0.15) is 47.2 Å². The number of ketones is 1. The fraction of sp³-hybridized carbons (Fsp3) is 0.222. The predicted octanol–water partition coefficient (Wildman–Crippen LogP) is 3.29. The predicted molar refractivity (Wildman–Crippen MR) is 83.2 cm³/mol. The van der Waals surface area contributed by atoms with Gasteiger partial charge in [-0.25, -0.2) is 0 Å². The molecule has 2 rings (SSSR count). The summed E-state index contributed by atoms with van der Waals surface area (Å²) in [5.74, 6) is -0.0843. The molecule has 0 aliphatic carbocycles. The molecule has 2 aromatic rings. The lowest BCUT2D eigenvalue weighted by Gasteiger charge is -2.12. The monoisotopic (exact) mass is 281 g/mol. The summed E-state index contributed by atoms with van der Waals surface area (Å²) in [6.07, 6.45) is 1.05. The van der Waals surface area contributed by atoms with Crippen molar-refractivity contribution in [3.63, 3.8) is 0 Å². The summed E-state index contributed by atoms with van der Waals surface area (Å²) in [6, 6.07) is 16.8. The number of amides is 1. The zero-order valence-corrected chi connectivity index (χ0v) is 12.1. The lowest BCUT2D eigenvalue weighted by atomic mass is 9.93. The zero-order valence-electron chi connectivity index (χ0n) is 12.1. The Kier molecular flexibility index (Phi) is 4.88. The Labute approximate surface area is 124 Å². The van der Waals surface area contributed by atoms with Gasteiger partial charge in [0, 0.05) is 17.5 Å². The van der Waals surface area contributed by atoms with E-state index in [-0.39, 0.29) is 17.6 Å². The Morgan fingerprint density at radius 2 is 1.67 bits per heavy atom. The Morgan fingerprint density at radius 3 is 2.33 bits per heavy atom. The number of primary amides is 1. The first-order chi connectivity index (χ1) is 10.1. The van der Waals surface area contributed by atoms with Gasteiger partial charge in [-0.3, -0.25) is 9.59 Å². The number of carbonyl (C=O) groups is 2. The number of rotatable bonds is 6. The fourth-order valence-corrected chi connectivity index (χ4v) is 2.27. The van der Waals surface area contributed by atoms with Crippen LogP contribution in [0.4, 0.5) is 0 Å². The minimum absolute atomic E-state index is 0.0135. The standard InChI is InChI=1S/C18H19NO2/c1-13(10-11-17(19)20)15-8-5-9-16(12-15)18(21)14-6-3-2-4-7-14/h2-9,12-13H,10-11H2,1H3,(H2,19,20). The van der Waals surface area contributed by atoms with E-state index < -0.39 is 0 Å². The van der Waals surface area contributed by atoms with Crippen LogP contribution in [-0.2, 0) is 4.79 Å². The Hall–Kier alpha value is -2.42. The molecule has 1 unspecified atom stereocenters. The molecule has 0 aromatic heterocycles. The van der Waals surface area contributed by atoms with Gasteiger partial charge < -0.3 is 5.73 Å². The van der Waals surface area contributed by atoms with Crippen molar-refractivity contribution < 1.29 is 9.59 Å². The zero-order chi connectivity index (χ0) is 15.2. The van der Waals surface area contributed by atoms with Crippen LogP contribution < -0.4 is 5.73 Å². The van der Waals surface area contributed by atoms with Crippen molar-refractivity contribution >= 4 is 11.7 Å². The van der Waals surface area contributed by atoms with E-state index in [1.54, 1.807) is 0 Å². The van der Waals surface area contributed by atoms with Crippen LogP contribution in [-0.4, -0.2) is 11.7 Å². The van der Waals surface area contributed by atoms with E-state index in [2.05, 4.69) is 0 Å². The first-order valence-corrected chi connectivity index (χ1v) is 7.06. The molecular formula is C18H19NO2. The first kappa shape index (κ1) is 15.0. The molecule has 0 aliphatic heterocycles. The van der Waals surface area contributed by atoms with Gasteiger partial charge in [0.25, 0.3) is 0 Å². The van der Waals surface area contributed by atoms with Crippen molar-refractivity contribution in [2.75, 3.05) is 0 Å². The topological polar surface area (TPSA) is 60.2 Å². The van der Waals surface area contributed by atoms with Gasteiger partial charge in [-0.15, -0.1) is 0 Å². The molecular weight excluding hydrogens is 262 g/mol. The van der Waals surface area contributed by atoms with E-state index in [4.69, 9.17) is 5.73 Å². The van der Waals surface area contributed by atoms with Crippen molar-refractivity contribution in [2.24, 2.45) is 5.73 Å². The number of hydrogen-bond donors (Lipinski definition) is 1. The minimum Gasteiger partial charge on any atom is -0.370 e. The number of carbonyl (C=O) groups excluding carboxylic acids is 2. The molecule has 1 atom stereocenters. The van der Waals surface area contributed by atoms with Gasteiger partial charge in [-0.2, -0.15) is 0 Å². The third-order valence-electron chi connectivity index (χ3n) is 3.58. The van der Waals surface area contributed by atoms with Crippen LogP contribution >= 0.6 is 0 Å². The second-order valence-corrected chi connectivity index (χ2v) is 5.23. The van der Waals surface area contributed by atoms with Crippen molar-refractivity contribution in [3.8, 4) is 0 Å². The maximum atomic E-state index is 12.4. The van der Waals surface area contributed by atoms with Gasteiger partial charge in [-0.05, 0) is 24.0 Å². The highest BCUT2D eigenvalue weighted by Crippen LogP contribution is 2.22.